The van der Waals surface area contributed by atoms with Crippen molar-refractivity contribution in [2.45, 2.75) is 64.7 Å². The lowest BCUT2D eigenvalue weighted by Gasteiger charge is -2.26. The van der Waals surface area contributed by atoms with E-state index in [1.54, 1.807) is 0 Å². The van der Waals surface area contributed by atoms with Crippen molar-refractivity contribution >= 4 is 29.9 Å². The van der Waals surface area contributed by atoms with Crippen LogP contribution in [0, 0.1) is 0 Å². The van der Waals surface area contributed by atoms with Crippen LogP contribution in [0.1, 0.15) is 64.7 Å². The largest absolute Gasteiger partial charge is 0.356 e. The molecule has 0 aromatic rings. The van der Waals surface area contributed by atoms with Crippen LogP contribution in [-0.4, -0.2) is 50.6 Å². The molecule has 2 N–H and O–H groups in total. The summed E-state index contributed by atoms with van der Waals surface area (Å²) in [4.78, 5) is 6.89. The summed E-state index contributed by atoms with van der Waals surface area (Å²) < 4.78 is 0. The number of piperidine rings is 1. The van der Waals surface area contributed by atoms with E-state index in [0.29, 0.717) is 0 Å². The summed E-state index contributed by atoms with van der Waals surface area (Å²) in [5.74, 6) is 0.960. The van der Waals surface area contributed by atoms with E-state index in [2.05, 4.69) is 27.4 Å². The predicted octanol–water partition coefficient (Wildman–Crippen LogP) is 3.62. The summed E-state index contributed by atoms with van der Waals surface area (Å²) in [5.41, 5.74) is 0. The van der Waals surface area contributed by atoms with Crippen LogP contribution in [0.2, 0.25) is 0 Å². The van der Waals surface area contributed by atoms with Crippen molar-refractivity contribution in [1.82, 2.24) is 15.5 Å². The number of nitrogens with one attached hydrogen (secondary N) is 2. The second-order valence-corrected chi connectivity index (χ2v) is 6.10. The van der Waals surface area contributed by atoms with Crippen LogP contribution in [0.5, 0.6) is 0 Å². The molecular formula is C17H37IN4. The lowest BCUT2D eigenvalue weighted by atomic mass is 10.1. The molecule has 0 aliphatic carbocycles. The van der Waals surface area contributed by atoms with Crippen LogP contribution in [0.3, 0.4) is 0 Å². The zero-order valence-electron chi connectivity index (χ0n) is 14.7. The van der Waals surface area contributed by atoms with Gasteiger partial charge in [0.2, 0.25) is 0 Å². The van der Waals surface area contributed by atoms with Gasteiger partial charge in [0, 0.05) is 20.1 Å². The third-order valence-electron chi connectivity index (χ3n) is 4.19. The molecule has 1 fully saturated rings. The molecule has 1 rings (SSSR count). The first-order valence-electron chi connectivity index (χ1n) is 9.03. The lowest BCUT2D eigenvalue weighted by molar-refractivity contribution is 0.224. The standard InChI is InChI=1S/C17H36N4.HI/c1-3-4-7-12-19-17(18-2)20-13-8-5-9-14-21-15-10-6-11-16-21;/h3-16H2,1-2H3,(H2,18,19,20);1H. The quantitative estimate of drug-likeness (QED) is 0.244. The first-order valence-corrected chi connectivity index (χ1v) is 9.03. The van der Waals surface area contributed by atoms with Gasteiger partial charge >= 0.3 is 0 Å². The summed E-state index contributed by atoms with van der Waals surface area (Å²) in [6.45, 7) is 8.25. The van der Waals surface area contributed by atoms with Gasteiger partial charge in [-0.15, -0.1) is 24.0 Å². The predicted molar refractivity (Wildman–Crippen MR) is 108 cm³/mol. The second-order valence-electron chi connectivity index (χ2n) is 6.10. The van der Waals surface area contributed by atoms with E-state index in [-0.39, 0.29) is 24.0 Å². The van der Waals surface area contributed by atoms with Crippen LogP contribution in [0.4, 0.5) is 0 Å². The van der Waals surface area contributed by atoms with Crippen molar-refractivity contribution in [3.8, 4) is 0 Å². The van der Waals surface area contributed by atoms with Crippen molar-refractivity contribution in [3.05, 3.63) is 0 Å². The van der Waals surface area contributed by atoms with Gasteiger partial charge in [-0.25, -0.2) is 0 Å². The number of halogens is 1. The summed E-state index contributed by atoms with van der Waals surface area (Å²) in [7, 11) is 1.85. The highest BCUT2D eigenvalue weighted by Crippen LogP contribution is 2.09. The molecule has 1 aliphatic rings. The number of aliphatic imine (C=N–C) groups is 1. The zero-order chi connectivity index (χ0) is 15.2. The van der Waals surface area contributed by atoms with Crippen molar-refractivity contribution in [2.75, 3.05) is 39.8 Å². The van der Waals surface area contributed by atoms with Crippen LogP contribution in [-0.2, 0) is 0 Å². The van der Waals surface area contributed by atoms with Gasteiger partial charge in [0.1, 0.15) is 0 Å². The number of guanidine groups is 1. The molecule has 4 nitrogen and oxygen atoms in total. The molecule has 132 valence electrons. The Bertz CT molecular complexity index is 265. The molecule has 5 heteroatoms. The highest BCUT2D eigenvalue weighted by atomic mass is 127. The van der Waals surface area contributed by atoms with Gasteiger partial charge < -0.3 is 15.5 Å². The molecular weight excluding hydrogens is 387 g/mol. The van der Waals surface area contributed by atoms with E-state index in [1.165, 1.54) is 77.4 Å². The minimum Gasteiger partial charge on any atom is -0.356 e. The topological polar surface area (TPSA) is 39.7 Å². The Morgan fingerprint density at radius 1 is 0.909 bits per heavy atom. The summed E-state index contributed by atoms with van der Waals surface area (Å²) in [6, 6.07) is 0. The second kappa shape index (κ2) is 15.8. The Labute approximate surface area is 154 Å². The van der Waals surface area contributed by atoms with Gasteiger partial charge in [-0.05, 0) is 51.7 Å². The summed E-state index contributed by atoms with van der Waals surface area (Å²) >= 11 is 0. The number of nitrogens with zero attached hydrogens (tertiary/aromatic N) is 2. The number of hydrogen-bond acceptors (Lipinski definition) is 2. The molecule has 1 aliphatic heterocycles. The number of unbranched alkanes of at least 4 members (excludes halogenated alkanes) is 4. The number of hydrogen-bond donors (Lipinski definition) is 2. The van der Waals surface area contributed by atoms with Crippen LogP contribution in [0.25, 0.3) is 0 Å². The summed E-state index contributed by atoms with van der Waals surface area (Å²) in [6.07, 6.45) is 11.9. The maximum Gasteiger partial charge on any atom is 0.190 e. The molecule has 0 spiro atoms. The molecule has 22 heavy (non-hydrogen) atoms. The van der Waals surface area contributed by atoms with E-state index in [9.17, 15) is 0 Å². The van der Waals surface area contributed by atoms with Crippen molar-refractivity contribution in [1.29, 1.82) is 0 Å². The fraction of sp³-hybridized carbons (Fsp3) is 0.941. The maximum atomic E-state index is 4.26. The van der Waals surface area contributed by atoms with Gasteiger partial charge in [0.05, 0.1) is 0 Å². The highest BCUT2D eigenvalue weighted by molar-refractivity contribution is 14.0. The van der Waals surface area contributed by atoms with Crippen molar-refractivity contribution in [2.24, 2.45) is 4.99 Å². The van der Waals surface area contributed by atoms with Crippen LogP contribution < -0.4 is 10.6 Å². The van der Waals surface area contributed by atoms with E-state index in [1.807, 2.05) is 7.05 Å². The highest BCUT2D eigenvalue weighted by Gasteiger charge is 2.08. The Balaban J connectivity index is 0.00000441. The molecule has 0 aromatic heterocycles. The fourth-order valence-corrected chi connectivity index (χ4v) is 2.83. The number of likely N-dealkylation sites (tertiary alicyclic amines) is 1. The Morgan fingerprint density at radius 3 is 2.14 bits per heavy atom. The smallest absolute Gasteiger partial charge is 0.190 e. The monoisotopic (exact) mass is 424 g/mol. The van der Waals surface area contributed by atoms with Gasteiger partial charge in [-0.2, -0.15) is 0 Å². The SMILES string of the molecule is CCCCCNC(=NC)NCCCCCN1CCCCC1.I. The van der Waals surface area contributed by atoms with Crippen molar-refractivity contribution < 1.29 is 0 Å². The lowest BCUT2D eigenvalue weighted by Crippen LogP contribution is -2.38. The van der Waals surface area contributed by atoms with Crippen LogP contribution >= 0.6 is 24.0 Å². The normalized spacial score (nSPS) is 16.2. The zero-order valence-corrected chi connectivity index (χ0v) is 17.0. The molecule has 0 bridgehead atoms. The average molecular weight is 424 g/mol. The molecule has 0 atom stereocenters. The molecule has 0 aromatic carbocycles. The minimum atomic E-state index is 0. The Hall–Kier alpha value is -0.0400. The molecule has 0 amide bonds. The molecule has 0 saturated carbocycles. The third-order valence-corrected chi connectivity index (χ3v) is 4.19. The first-order chi connectivity index (χ1) is 10.4. The van der Waals surface area contributed by atoms with Gasteiger partial charge in [0.15, 0.2) is 5.96 Å². The van der Waals surface area contributed by atoms with E-state index < -0.39 is 0 Å². The summed E-state index contributed by atoms with van der Waals surface area (Å²) in [5, 5.41) is 6.79. The van der Waals surface area contributed by atoms with Gasteiger partial charge in [-0.3, -0.25) is 4.99 Å². The Kier molecular flexibility index (Phi) is 15.8. The molecule has 1 saturated heterocycles. The third kappa shape index (κ3) is 11.5. The fourth-order valence-electron chi connectivity index (χ4n) is 2.83. The van der Waals surface area contributed by atoms with Crippen LogP contribution in [0.15, 0.2) is 4.99 Å². The number of rotatable bonds is 10. The average Bonchev–Trinajstić information content (AvgIpc) is 2.53. The van der Waals surface area contributed by atoms with E-state index >= 15 is 0 Å². The first kappa shape index (κ1) is 22.0. The maximum absolute atomic E-state index is 4.26. The molecule has 1 heterocycles. The molecule has 0 radical (unpaired) electrons. The molecule has 0 unspecified atom stereocenters. The van der Waals surface area contributed by atoms with Gasteiger partial charge in [-0.1, -0.05) is 32.6 Å². The van der Waals surface area contributed by atoms with E-state index in [4.69, 9.17) is 0 Å². The van der Waals surface area contributed by atoms with E-state index in [0.717, 1.165) is 19.0 Å². The van der Waals surface area contributed by atoms with Crippen molar-refractivity contribution in [3.63, 3.8) is 0 Å². The van der Waals surface area contributed by atoms with Gasteiger partial charge in [0.25, 0.3) is 0 Å². The Morgan fingerprint density at radius 2 is 1.55 bits per heavy atom. The minimum absolute atomic E-state index is 0.